The van der Waals surface area contributed by atoms with Crippen LogP contribution in [0, 0.1) is 5.82 Å². The quantitative estimate of drug-likeness (QED) is 0.787. The van der Waals surface area contributed by atoms with Gasteiger partial charge in [0.2, 0.25) is 12.4 Å². The van der Waals surface area contributed by atoms with E-state index in [2.05, 4.69) is 9.97 Å². The molecule has 4 rings (SSSR count). The summed E-state index contributed by atoms with van der Waals surface area (Å²) in [6.07, 6.45) is 3.23. The van der Waals surface area contributed by atoms with E-state index in [0.29, 0.717) is 55.4 Å². The Balaban J connectivity index is 1.59. The summed E-state index contributed by atoms with van der Waals surface area (Å²) in [5, 5.41) is 0. The monoisotopic (exact) mass is 354 g/mol. The molecule has 2 aromatic rings. The van der Waals surface area contributed by atoms with E-state index in [-0.39, 0.29) is 23.9 Å². The van der Waals surface area contributed by atoms with Gasteiger partial charge in [-0.2, -0.15) is 0 Å². The van der Waals surface area contributed by atoms with Crippen LogP contribution in [0.4, 0.5) is 10.3 Å². The van der Waals surface area contributed by atoms with Crippen molar-refractivity contribution in [3.05, 3.63) is 53.1 Å². The zero-order valence-corrected chi connectivity index (χ0v) is 14.3. The molecule has 1 aliphatic heterocycles. The van der Waals surface area contributed by atoms with Gasteiger partial charge in [0, 0.05) is 38.8 Å². The highest BCUT2D eigenvalue weighted by atomic mass is 19.1. The van der Waals surface area contributed by atoms with Crippen LogP contribution in [0.5, 0.6) is 0 Å². The standard InChI is InChI=1S/C19H19FN4O2/c20-16-4-2-1-3-14(16)13-9-17-15(18(26)10-13)11-21-19(22-17)24-7-5-23(12-25)6-8-24/h1-4,11-13H,5-10H2. The zero-order chi connectivity index (χ0) is 18.1. The summed E-state index contributed by atoms with van der Waals surface area (Å²) >= 11 is 0. The summed E-state index contributed by atoms with van der Waals surface area (Å²) in [5.41, 5.74) is 1.77. The number of Topliss-reactive ketones (excluding diaryl/α,β-unsaturated/α-hetero) is 1. The number of nitrogens with zero attached hydrogens (tertiary/aromatic N) is 4. The number of piperazine rings is 1. The molecular formula is C19H19FN4O2. The van der Waals surface area contributed by atoms with Crippen LogP contribution in [0.2, 0.25) is 0 Å². The van der Waals surface area contributed by atoms with Gasteiger partial charge in [-0.15, -0.1) is 0 Å². The van der Waals surface area contributed by atoms with E-state index < -0.39 is 0 Å². The van der Waals surface area contributed by atoms with E-state index in [1.54, 1.807) is 29.3 Å². The highest BCUT2D eigenvalue weighted by Crippen LogP contribution is 2.33. The van der Waals surface area contributed by atoms with Crippen LogP contribution in [0.25, 0.3) is 0 Å². The third kappa shape index (κ3) is 3.05. The van der Waals surface area contributed by atoms with Crippen molar-refractivity contribution in [1.82, 2.24) is 14.9 Å². The summed E-state index contributed by atoms with van der Waals surface area (Å²) in [6, 6.07) is 6.60. The van der Waals surface area contributed by atoms with Gasteiger partial charge in [-0.1, -0.05) is 18.2 Å². The van der Waals surface area contributed by atoms with Crippen LogP contribution in [0.1, 0.15) is 34.0 Å². The van der Waals surface area contributed by atoms with E-state index in [9.17, 15) is 14.0 Å². The third-order valence-corrected chi connectivity index (χ3v) is 5.12. The minimum Gasteiger partial charge on any atom is -0.342 e. The molecule has 0 saturated carbocycles. The number of rotatable bonds is 3. The zero-order valence-electron chi connectivity index (χ0n) is 14.3. The Bertz CT molecular complexity index is 849. The Morgan fingerprint density at radius 2 is 1.88 bits per heavy atom. The third-order valence-electron chi connectivity index (χ3n) is 5.12. The van der Waals surface area contributed by atoms with E-state index in [1.165, 1.54) is 6.07 Å². The first kappa shape index (κ1) is 16.6. The second kappa shape index (κ2) is 6.82. The number of fused-ring (bicyclic) bond motifs is 1. The Morgan fingerprint density at radius 3 is 2.62 bits per heavy atom. The van der Waals surface area contributed by atoms with Crippen molar-refractivity contribution < 1.29 is 14.0 Å². The molecule has 1 aliphatic carbocycles. The van der Waals surface area contributed by atoms with Crippen LogP contribution in [0.15, 0.2) is 30.5 Å². The topological polar surface area (TPSA) is 66.4 Å². The fraction of sp³-hybridized carbons (Fsp3) is 0.368. The molecule has 7 heteroatoms. The molecule has 1 atom stereocenters. The maximum absolute atomic E-state index is 14.1. The van der Waals surface area contributed by atoms with E-state index in [1.807, 2.05) is 4.90 Å². The number of halogens is 1. The minimum absolute atomic E-state index is 0.0446. The van der Waals surface area contributed by atoms with Gasteiger partial charge < -0.3 is 9.80 Å². The van der Waals surface area contributed by atoms with Crippen molar-refractivity contribution in [3.8, 4) is 0 Å². The molecule has 1 amide bonds. The number of hydrogen-bond donors (Lipinski definition) is 0. The molecule has 0 N–H and O–H groups in total. The number of amides is 1. The number of benzene rings is 1. The predicted molar refractivity (Wildman–Crippen MR) is 93.7 cm³/mol. The molecule has 0 bridgehead atoms. The Hall–Kier alpha value is -2.83. The molecule has 2 heterocycles. The maximum Gasteiger partial charge on any atom is 0.225 e. The highest BCUT2D eigenvalue weighted by molar-refractivity contribution is 5.98. The van der Waals surface area contributed by atoms with Crippen molar-refractivity contribution in [3.63, 3.8) is 0 Å². The summed E-state index contributed by atoms with van der Waals surface area (Å²) < 4.78 is 14.1. The van der Waals surface area contributed by atoms with Crippen molar-refractivity contribution in [1.29, 1.82) is 0 Å². The van der Waals surface area contributed by atoms with Gasteiger partial charge in [0.1, 0.15) is 5.82 Å². The first-order valence-electron chi connectivity index (χ1n) is 8.73. The SMILES string of the molecule is O=CN1CCN(c2ncc3c(n2)CC(c2ccccc2F)CC3=O)CC1. The van der Waals surface area contributed by atoms with Crippen LogP contribution >= 0.6 is 0 Å². The average Bonchev–Trinajstić information content (AvgIpc) is 2.68. The molecular weight excluding hydrogens is 335 g/mol. The second-order valence-corrected chi connectivity index (χ2v) is 6.71. The highest BCUT2D eigenvalue weighted by Gasteiger charge is 2.30. The Kier molecular flexibility index (Phi) is 4.36. The Labute approximate surface area is 150 Å². The number of hydrogen-bond acceptors (Lipinski definition) is 5. The number of ketones is 1. The first-order valence-corrected chi connectivity index (χ1v) is 8.73. The molecule has 6 nitrogen and oxygen atoms in total. The molecule has 1 unspecified atom stereocenters. The van der Waals surface area contributed by atoms with Crippen molar-refractivity contribution in [2.24, 2.45) is 0 Å². The Morgan fingerprint density at radius 1 is 1.12 bits per heavy atom. The smallest absolute Gasteiger partial charge is 0.225 e. The van der Waals surface area contributed by atoms with Crippen molar-refractivity contribution in [2.45, 2.75) is 18.8 Å². The summed E-state index contributed by atoms with van der Waals surface area (Å²) in [4.78, 5) is 36.0. The van der Waals surface area contributed by atoms with Crippen LogP contribution in [0.3, 0.4) is 0 Å². The summed E-state index contributed by atoms with van der Waals surface area (Å²) in [5.74, 6) is 0.0342. The van der Waals surface area contributed by atoms with Crippen molar-refractivity contribution in [2.75, 3.05) is 31.1 Å². The number of anilines is 1. The molecule has 1 fully saturated rings. The van der Waals surface area contributed by atoms with Gasteiger partial charge in [-0.05, 0) is 24.0 Å². The molecule has 26 heavy (non-hydrogen) atoms. The average molecular weight is 354 g/mol. The lowest BCUT2D eigenvalue weighted by molar-refractivity contribution is -0.118. The lowest BCUT2D eigenvalue weighted by Crippen LogP contribution is -2.46. The van der Waals surface area contributed by atoms with Crippen LogP contribution in [-0.2, 0) is 11.2 Å². The van der Waals surface area contributed by atoms with Crippen LogP contribution in [-0.4, -0.2) is 53.2 Å². The normalized spacial score (nSPS) is 20.0. The fourth-order valence-electron chi connectivity index (χ4n) is 3.64. The summed E-state index contributed by atoms with van der Waals surface area (Å²) in [7, 11) is 0. The lowest BCUT2D eigenvalue weighted by Gasteiger charge is -2.33. The van der Waals surface area contributed by atoms with Crippen molar-refractivity contribution >= 4 is 18.1 Å². The molecule has 1 aromatic carbocycles. The summed E-state index contributed by atoms with van der Waals surface area (Å²) in [6.45, 7) is 2.56. The molecule has 1 saturated heterocycles. The largest absolute Gasteiger partial charge is 0.342 e. The van der Waals surface area contributed by atoms with Gasteiger partial charge in [-0.25, -0.2) is 14.4 Å². The molecule has 0 spiro atoms. The van der Waals surface area contributed by atoms with Gasteiger partial charge in [-0.3, -0.25) is 9.59 Å². The van der Waals surface area contributed by atoms with Gasteiger partial charge in [0.25, 0.3) is 0 Å². The van der Waals surface area contributed by atoms with Gasteiger partial charge in [0.05, 0.1) is 11.3 Å². The molecule has 2 aliphatic rings. The molecule has 1 aromatic heterocycles. The number of carbonyl (C=O) groups is 2. The van der Waals surface area contributed by atoms with Gasteiger partial charge >= 0.3 is 0 Å². The predicted octanol–water partition coefficient (Wildman–Crippen LogP) is 1.81. The van der Waals surface area contributed by atoms with E-state index in [0.717, 1.165) is 6.41 Å². The number of carbonyl (C=O) groups excluding carboxylic acids is 2. The molecule has 134 valence electrons. The van der Waals surface area contributed by atoms with E-state index >= 15 is 0 Å². The minimum atomic E-state index is -0.284. The van der Waals surface area contributed by atoms with E-state index in [4.69, 9.17) is 0 Å². The van der Waals surface area contributed by atoms with Crippen LogP contribution < -0.4 is 4.90 Å². The number of aromatic nitrogens is 2. The first-order chi connectivity index (χ1) is 12.7. The van der Waals surface area contributed by atoms with Gasteiger partial charge in [0.15, 0.2) is 5.78 Å². The second-order valence-electron chi connectivity index (χ2n) is 6.71. The molecule has 0 radical (unpaired) electrons. The lowest BCUT2D eigenvalue weighted by atomic mass is 9.82. The fourth-order valence-corrected chi connectivity index (χ4v) is 3.64. The maximum atomic E-state index is 14.1.